The molecule has 3 rings (SSSR count). The van der Waals surface area contributed by atoms with Crippen LogP contribution in [0.3, 0.4) is 0 Å². The number of hydrogen-bond acceptors (Lipinski definition) is 7. The SMILES string of the molecule is C=CSC(=C)c1cc(CCN)c(-c2ccc(-c3sc(C(=C)SC=C)cc3CCN)s2)s1.CC.CC. The van der Waals surface area contributed by atoms with Crippen LogP contribution in [0.15, 0.2) is 61.4 Å². The fourth-order valence-corrected chi connectivity index (χ4v) is 7.87. The number of thiophene rings is 3. The summed E-state index contributed by atoms with van der Waals surface area (Å²) in [6, 6.07) is 8.89. The summed E-state index contributed by atoms with van der Waals surface area (Å²) < 4.78 is 0. The Labute approximate surface area is 232 Å². The molecule has 0 amide bonds. The zero-order chi connectivity index (χ0) is 26.4. The minimum Gasteiger partial charge on any atom is -0.330 e. The van der Waals surface area contributed by atoms with E-state index in [1.165, 1.54) is 40.4 Å². The second-order valence-electron chi connectivity index (χ2n) is 6.59. The number of hydrogen-bond donors (Lipinski definition) is 2. The quantitative estimate of drug-likeness (QED) is 0.231. The van der Waals surface area contributed by atoms with Crippen LogP contribution in [0.4, 0.5) is 0 Å². The van der Waals surface area contributed by atoms with Crippen molar-refractivity contribution < 1.29 is 0 Å². The molecular weight excluding hydrogens is 525 g/mol. The van der Waals surface area contributed by atoms with Crippen LogP contribution >= 0.6 is 57.5 Å². The van der Waals surface area contributed by atoms with E-state index >= 15 is 0 Å². The van der Waals surface area contributed by atoms with Crippen LogP contribution in [0.1, 0.15) is 48.6 Å². The molecule has 0 atom stereocenters. The van der Waals surface area contributed by atoms with Gasteiger partial charge < -0.3 is 11.5 Å². The molecule has 2 nitrogen and oxygen atoms in total. The summed E-state index contributed by atoms with van der Waals surface area (Å²) in [5, 5.41) is 3.64. The molecule has 0 spiro atoms. The maximum atomic E-state index is 5.89. The fourth-order valence-electron chi connectivity index (χ4n) is 3.13. The molecule has 0 fully saturated rings. The molecule has 0 aliphatic rings. The van der Waals surface area contributed by atoms with Crippen molar-refractivity contribution in [1.29, 1.82) is 0 Å². The summed E-state index contributed by atoms with van der Waals surface area (Å²) in [6.45, 7) is 25.2. The largest absolute Gasteiger partial charge is 0.330 e. The van der Waals surface area contributed by atoms with E-state index < -0.39 is 0 Å². The molecule has 3 aromatic heterocycles. The average Bonchev–Trinajstić information content (AvgIpc) is 3.61. The Hall–Kier alpha value is -1.32. The first kappa shape index (κ1) is 31.7. The summed E-state index contributed by atoms with van der Waals surface area (Å²) >= 11 is 8.51. The number of nitrogens with two attached hydrogens (primary N) is 2. The Morgan fingerprint density at radius 1 is 0.743 bits per heavy atom. The van der Waals surface area contributed by atoms with Gasteiger partial charge in [-0.05, 0) is 72.1 Å². The van der Waals surface area contributed by atoms with Crippen LogP contribution < -0.4 is 11.5 Å². The third kappa shape index (κ3) is 8.64. The zero-order valence-electron chi connectivity index (χ0n) is 21.3. The van der Waals surface area contributed by atoms with Gasteiger partial charge in [0.25, 0.3) is 0 Å². The van der Waals surface area contributed by atoms with Crippen molar-refractivity contribution in [2.45, 2.75) is 40.5 Å². The Balaban J connectivity index is 0.00000145. The van der Waals surface area contributed by atoms with Gasteiger partial charge in [-0.3, -0.25) is 0 Å². The van der Waals surface area contributed by atoms with Crippen LogP contribution in [-0.4, -0.2) is 13.1 Å². The summed E-state index contributed by atoms with van der Waals surface area (Å²) in [6.07, 6.45) is 1.70. The minimum absolute atomic E-state index is 0.625. The van der Waals surface area contributed by atoms with Crippen molar-refractivity contribution in [3.8, 4) is 19.5 Å². The van der Waals surface area contributed by atoms with Crippen molar-refractivity contribution in [3.63, 3.8) is 0 Å². The highest BCUT2D eigenvalue weighted by atomic mass is 32.2. The molecule has 190 valence electrons. The van der Waals surface area contributed by atoms with Gasteiger partial charge in [0.2, 0.25) is 0 Å². The first-order valence-corrected chi connectivity index (χ1v) is 15.9. The third-order valence-corrected chi connectivity index (χ3v) is 10.0. The smallest absolute Gasteiger partial charge is 0.0482 e. The van der Waals surface area contributed by atoms with Crippen LogP contribution in [0.25, 0.3) is 29.3 Å². The maximum Gasteiger partial charge on any atom is 0.0482 e. The highest BCUT2D eigenvalue weighted by Crippen LogP contribution is 2.46. The van der Waals surface area contributed by atoms with E-state index in [2.05, 4.69) is 50.6 Å². The van der Waals surface area contributed by atoms with Gasteiger partial charge in [-0.15, -0.1) is 34.0 Å². The predicted octanol–water partition coefficient (Wildman–Crippen LogP) is 9.95. The molecule has 3 heterocycles. The van der Waals surface area contributed by atoms with Crippen molar-refractivity contribution in [3.05, 3.63) is 82.3 Å². The normalized spacial score (nSPS) is 10.0. The van der Waals surface area contributed by atoms with Crippen molar-refractivity contribution in [1.82, 2.24) is 0 Å². The van der Waals surface area contributed by atoms with E-state index in [0.29, 0.717) is 13.1 Å². The van der Waals surface area contributed by atoms with E-state index in [0.717, 1.165) is 22.7 Å². The second kappa shape index (κ2) is 17.2. The molecule has 0 aliphatic heterocycles. The third-order valence-electron chi connectivity index (χ3n) is 4.50. The van der Waals surface area contributed by atoms with Gasteiger partial charge in [0.15, 0.2) is 0 Å². The first-order chi connectivity index (χ1) is 17.0. The Morgan fingerprint density at radius 3 is 1.43 bits per heavy atom. The lowest BCUT2D eigenvalue weighted by atomic mass is 10.1. The Morgan fingerprint density at radius 2 is 1.11 bits per heavy atom. The summed E-state index contributed by atoms with van der Waals surface area (Å²) in [4.78, 5) is 9.49. The standard InChI is InChI=1S/C24H26N2S5.2C2H6/c1-5-27-15(3)21-13-17(9-11-25)23(30-21)19-7-8-20(29-19)24-18(10-12-26)14-22(31-24)16(4)28-6-2;2*1-2/h5-8,13-14H,1-4,9-12,25-26H2;2*1-2H3. The Bertz CT molecular complexity index is 1020. The lowest BCUT2D eigenvalue weighted by Crippen LogP contribution is -2.02. The van der Waals surface area contributed by atoms with Crippen LogP contribution in [0.5, 0.6) is 0 Å². The molecule has 3 aromatic rings. The summed E-state index contributed by atoms with van der Waals surface area (Å²) in [7, 11) is 0. The summed E-state index contributed by atoms with van der Waals surface area (Å²) in [5.74, 6) is 0. The highest BCUT2D eigenvalue weighted by molar-refractivity contribution is 8.11. The Kier molecular flexibility index (Phi) is 15.6. The van der Waals surface area contributed by atoms with Crippen molar-refractivity contribution in [2.75, 3.05) is 13.1 Å². The molecule has 0 aliphatic carbocycles. The molecule has 7 heteroatoms. The van der Waals surface area contributed by atoms with E-state index in [1.54, 1.807) is 46.2 Å². The van der Waals surface area contributed by atoms with Crippen molar-refractivity contribution >= 4 is 67.3 Å². The average molecular weight is 563 g/mol. The van der Waals surface area contributed by atoms with E-state index in [4.69, 9.17) is 11.5 Å². The van der Waals surface area contributed by atoms with Crippen LogP contribution in [0.2, 0.25) is 0 Å². The molecule has 0 saturated heterocycles. The van der Waals surface area contributed by atoms with Crippen LogP contribution in [-0.2, 0) is 12.8 Å². The fraction of sp³-hybridized carbons (Fsp3) is 0.286. The van der Waals surface area contributed by atoms with E-state index in [-0.39, 0.29) is 0 Å². The van der Waals surface area contributed by atoms with Gasteiger partial charge in [0.05, 0.1) is 0 Å². The highest BCUT2D eigenvalue weighted by Gasteiger charge is 2.18. The van der Waals surface area contributed by atoms with Crippen molar-refractivity contribution in [2.24, 2.45) is 11.5 Å². The van der Waals surface area contributed by atoms with Gasteiger partial charge >= 0.3 is 0 Å². The molecule has 0 aromatic carbocycles. The van der Waals surface area contributed by atoms with E-state index in [1.807, 2.05) is 49.8 Å². The van der Waals surface area contributed by atoms with E-state index in [9.17, 15) is 0 Å². The molecule has 35 heavy (non-hydrogen) atoms. The molecule has 0 radical (unpaired) electrons. The zero-order valence-corrected chi connectivity index (χ0v) is 25.4. The van der Waals surface area contributed by atoms with Gasteiger partial charge in [-0.2, -0.15) is 0 Å². The molecule has 4 N–H and O–H groups in total. The van der Waals surface area contributed by atoms with Crippen LogP contribution in [0, 0.1) is 0 Å². The minimum atomic E-state index is 0.625. The van der Waals surface area contributed by atoms with Gasteiger partial charge in [0, 0.05) is 39.1 Å². The van der Waals surface area contributed by atoms with Gasteiger partial charge in [-0.25, -0.2) is 0 Å². The lowest BCUT2D eigenvalue weighted by molar-refractivity contribution is 0.976. The number of thioether (sulfide) groups is 2. The van der Waals surface area contributed by atoms with Gasteiger partial charge in [0.1, 0.15) is 0 Å². The number of rotatable bonds is 12. The van der Waals surface area contributed by atoms with Gasteiger partial charge in [-0.1, -0.05) is 77.5 Å². The second-order valence-corrected chi connectivity index (χ2v) is 11.9. The molecule has 0 bridgehead atoms. The maximum absolute atomic E-state index is 5.89. The molecule has 0 unspecified atom stereocenters. The molecule has 0 saturated carbocycles. The topological polar surface area (TPSA) is 52.0 Å². The summed E-state index contributed by atoms with van der Waals surface area (Å²) in [5.41, 5.74) is 14.4. The monoisotopic (exact) mass is 562 g/mol. The molecular formula is C28H38N2S5. The predicted molar refractivity (Wildman–Crippen MR) is 173 cm³/mol. The lowest BCUT2D eigenvalue weighted by Gasteiger charge is -2.00. The first-order valence-electron chi connectivity index (χ1n) is 11.7.